The van der Waals surface area contributed by atoms with Gasteiger partial charge in [-0.1, -0.05) is 84.9 Å². The molecule has 0 aliphatic rings. The normalized spacial score (nSPS) is 11.5. The second-order valence-electron chi connectivity index (χ2n) is 8.71. The lowest BCUT2D eigenvalue weighted by Gasteiger charge is -2.11. The number of hydrogen-bond donors (Lipinski definition) is 1. The van der Waals surface area contributed by atoms with Crippen molar-refractivity contribution in [3.8, 4) is 11.1 Å². The van der Waals surface area contributed by atoms with Gasteiger partial charge in [-0.05, 0) is 69.1 Å². The Morgan fingerprint density at radius 2 is 1.18 bits per heavy atom. The van der Waals surface area contributed by atoms with Crippen LogP contribution in [0, 0.1) is 0 Å². The van der Waals surface area contributed by atoms with Gasteiger partial charge < -0.3 is 9.73 Å². The smallest absolute Gasteiger partial charge is 0.136 e. The van der Waals surface area contributed by atoms with Gasteiger partial charge in [-0.3, -0.25) is 0 Å². The standard InChI is InChI=1S/C32H21NO/c1-3-12-26-21(7-1)9-6-14-27(26)23-10-5-11-24(19-23)33-25-16-18-30-29(20-25)32-28-13-4-2-8-22(28)15-17-31(32)34-30/h1-20,33H. The second-order valence-corrected chi connectivity index (χ2v) is 8.71. The number of furan rings is 1. The van der Waals surface area contributed by atoms with Crippen molar-refractivity contribution >= 4 is 54.9 Å². The van der Waals surface area contributed by atoms with Crippen molar-refractivity contribution in [1.82, 2.24) is 0 Å². The Balaban J connectivity index is 1.32. The van der Waals surface area contributed by atoms with Crippen molar-refractivity contribution in [3.05, 3.63) is 121 Å². The highest BCUT2D eigenvalue weighted by atomic mass is 16.3. The fourth-order valence-corrected chi connectivity index (χ4v) is 5.03. The highest BCUT2D eigenvalue weighted by molar-refractivity contribution is 6.19. The maximum absolute atomic E-state index is 6.16. The first-order valence-electron chi connectivity index (χ1n) is 11.5. The third kappa shape index (κ3) is 3.04. The van der Waals surface area contributed by atoms with Gasteiger partial charge in [0, 0.05) is 22.1 Å². The zero-order valence-electron chi connectivity index (χ0n) is 18.5. The predicted molar refractivity (Wildman–Crippen MR) is 144 cm³/mol. The summed E-state index contributed by atoms with van der Waals surface area (Å²) < 4.78 is 6.16. The monoisotopic (exact) mass is 435 g/mol. The Hall–Kier alpha value is -4.56. The van der Waals surface area contributed by atoms with Gasteiger partial charge in [0.2, 0.25) is 0 Å². The first kappa shape index (κ1) is 19.0. The summed E-state index contributed by atoms with van der Waals surface area (Å²) in [5.74, 6) is 0. The van der Waals surface area contributed by atoms with E-state index in [4.69, 9.17) is 4.42 Å². The van der Waals surface area contributed by atoms with Crippen molar-refractivity contribution in [2.24, 2.45) is 0 Å². The van der Waals surface area contributed by atoms with E-state index in [0.717, 1.165) is 27.9 Å². The minimum Gasteiger partial charge on any atom is -0.456 e. The third-order valence-corrected chi connectivity index (χ3v) is 6.61. The summed E-state index contributed by atoms with van der Waals surface area (Å²) in [6.45, 7) is 0. The Morgan fingerprint density at radius 1 is 0.471 bits per heavy atom. The van der Waals surface area contributed by atoms with Crippen LogP contribution >= 0.6 is 0 Å². The molecule has 0 aliphatic heterocycles. The molecule has 0 bridgehead atoms. The second kappa shape index (κ2) is 7.50. The third-order valence-electron chi connectivity index (χ3n) is 6.61. The van der Waals surface area contributed by atoms with Crippen LogP contribution in [0.3, 0.4) is 0 Å². The molecule has 2 nitrogen and oxygen atoms in total. The number of hydrogen-bond acceptors (Lipinski definition) is 2. The summed E-state index contributed by atoms with van der Waals surface area (Å²) >= 11 is 0. The molecule has 2 heteroatoms. The van der Waals surface area contributed by atoms with E-state index in [1.807, 2.05) is 0 Å². The summed E-state index contributed by atoms with van der Waals surface area (Å²) in [5.41, 5.74) is 6.36. The zero-order valence-corrected chi connectivity index (χ0v) is 18.5. The average Bonchev–Trinajstić information content (AvgIpc) is 3.27. The molecule has 0 fully saturated rings. The Bertz CT molecular complexity index is 1840. The molecule has 0 amide bonds. The van der Waals surface area contributed by atoms with Crippen LogP contribution in [0.25, 0.3) is 54.6 Å². The number of nitrogens with one attached hydrogen (secondary N) is 1. The van der Waals surface area contributed by atoms with Gasteiger partial charge in [0.25, 0.3) is 0 Å². The molecule has 0 saturated heterocycles. The summed E-state index contributed by atoms with van der Waals surface area (Å²) in [5, 5.41) is 10.9. The van der Waals surface area contributed by atoms with Crippen LogP contribution < -0.4 is 5.32 Å². The highest BCUT2D eigenvalue weighted by Gasteiger charge is 2.11. The van der Waals surface area contributed by atoms with Gasteiger partial charge in [0.05, 0.1) is 0 Å². The maximum atomic E-state index is 6.16. The molecule has 1 aromatic heterocycles. The molecule has 0 aliphatic carbocycles. The molecule has 0 saturated carbocycles. The molecule has 6 aromatic carbocycles. The molecule has 34 heavy (non-hydrogen) atoms. The first-order chi connectivity index (χ1) is 16.8. The fourth-order valence-electron chi connectivity index (χ4n) is 5.03. The lowest BCUT2D eigenvalue weighted by molar-refractivity contribution is 0.669. The van der Waals surface area contributed by atoms with Crippen LogP contribution in [0.15, 0.2) is 126 Å². The lowest BCUT2D eigenvalue weighted by atomic mass is 9.98. The lowest BCUT2D eigenvalue weighted by Crippen LogP contribution is -1.91. The van der Waals surface area contributed by atoms with E-state index in [-0.39, 0.29) is 0 Å². The maximum Gasteiger partial charge on any atom is 0.136 e. The van der Waals surface area contributed by atoms with E-state index in [0.29, 0.717) is 0 Å². The molecule has 0 spiro atoms. The Kier molecular flexibility index (Phi) is 4.18. The molecule has 0 atom stereocenters. The number of anilines is 2. The molecular weight excluding hydrogens is 414 g/mol. The zero-order chi connectivity index (χ0) is 22.5. The van der Waals surface area contributed by atoms with Crippen LogP contribution in [0.5, 0.6) is 0 Å². The summed E-state index contributed by atoms with van der Waals surface area (Å²) in [4.78, 5) is 0. The molecular formula is C32H21NO. The van der Waals surface area contributed by atoms with Crippen LogP contribution in [0.2, 0.25) is 0 Å². The molecule has 7 rings (SSSR count). The van der Waals surface area contributed by atoms with Crippen molar-refractivity contribution < 1.29 is 4.42 Å². The average molecular weight is 436 g/mol. The molecule has 1 N–H and O–H groups in total. The van der Waals surface area contributed by atoms with Gasteiger partial charge in [0.1, 0.15) is 11.2 Å². The van der Waals surface area contributed by atoms with Crippen molar-refractivity contribution in [3.63, 3.8) is 0 Å². The first-order valence-corrected chi connectivity index (χ1v) is 11.5. The minimum absolute atomic E-state index is 0.904. The minimum atomic E-state index is 0.904. The van der Waals surface area contributed by atoms with E-state index >= 15 is 0 Å². The molecule has 160 valence electrons. The van der Waals surface area contributed by atoms with Crippen molar-refractivity contribution in [2.45, 2.75) is 0 Å². The van der Waals surface area contributed by atoms with Crippen molar-refractivity contribution in [2.75, 3.05) is 5.32 Å². The van der Waals surface area contributed by atoms with Gasteiger partial charge in [0.15, 0.2) is 0 Å². The summed E-state index contributed by atoms with van der Waals surface area (Å²) in [7, 11) is 0. The molecule has 0 unspecified atom stereocenters. The van der Waals surface area contributed by atoms with E-state index < -0.39 is 0 Å². The molecule has 0 radical (unpaired) electrons. The van der Waals surface area contributed by atoms with Gasteiger partial charge >= 0.3 is 0 Å². The number of benzene rings is 6. The number of rotatable bonds is 3. The fraction of sp³-hybridized carbons (Fsp3) is 0. The summed E-state index contributed by atoms with van der Waals surface area (Å²) in [6, 6.07) is 42.6. The van der Waals surface area contributed by atoms with Crippen LogP contribution in [0.1, 0.15) is 0 Å². The van der Waals surface area contributed by atoms with Gasteiger partial charge in [-0.15, -0.1) is 0 Å². The summed E-state index contributed by atoms with van der Waals surface area (Å²) in [6.07, 6.45) is 0. The van der Waals surface area contributed by atoms with E-state index in [1.54, 1.807) is 0 Å². The SMILES string of the molecule is c1cc(Nc2ccc3oc4ccc5ccccc5c4c3c2)cc(-c2cccc3ccccc23)c1. The largest absolute Gasteiger partial charge is 0.456 e. The van der Waals surface area contributed by atoms with E-state index in [2.05, 4.69) is 127 Å². The van der Waals surface area contributed by atoms with E-state index in [9.17, 15) is 0 Å². The quantitative estimate of drug-likeness (QED) is 0.299. The molecule has 7 aromatic rings. The van der Waals surface area contributed by atoms with Gasteiger partial charge in [-0.2, -0.15) is 0 Å². The van der Waals surface area contributed by atoms with Crippen LogP contribution in [-0.4, -0.2) is 0 Å². The predicted octanol–water partition coefficient (Wildman–Crippen LogP) is 9.30. The van der Waals surface area contributed by atoms with Gasteiger partial charge in [-0.25, -0.2) is 0 Å². The number of fused-ring (bicyclic) bond motifs is 6. The van der Waals surface area contributed by atoms with Crippen molar-refractivity contribution in [1.29, 1.82) is 0 Å². The van der Waals surface area contributed by atoms with Crippen LogP contribution in [0.4, 0.5) is 11.4 Å². The highest BCUT2D eigenvalue weighted by Crippen LogP contribution is 2.37. The topological polar surface area (TPSA) is 25.2 Å². The molecule has 1 heterocycles. The van der Waals surface area contributed by atoms with Crippen LogP contribution in [-0.2, 0) is 0 Å². The Morgan fingerprint density at radius 3 is 2.09 bits per heavy atom. The van der Waals surface area contributed by atoms with E-state index in [1.165, 1.54) is 38.1 Å². The Labute approximate surface area is 197 Å².